The number of allylic oxidation sites excluding steroid dienone is 4. The zero-order chi connectivity index (χ0) is 21.0. The molecule has 5 aliphatic rings. The average molecular weight is 425 g/mol. The van der Waals surface area contributed by atoms with Gasteiger partial charge >= 0.3 is 5.97 Å². The van der Waals surface area contributed by atoms with Crippen molar-refractivity contribution in [1.82, 2.24) is 0 Å². The van der Waals surface area contributed by atoms with Crippen molar-refractivity contribution < 1.29 is 28.2 Å². The van der Waals surface area contributed by atoms with Crippen LogP contribution in [-0.4, -0.2) is 46.3 Å². The summed E-state index contributed by atoms with van der Waals surface area (Å²) >= 11 is 5.20. The van der Waals surface area contributed by atoms with E-state index in [9.17, 15) is 9.90 Å². The van der Waals surface area contributed by atoms with E-state index >= 15 is 8.78 Å². The summed E-state index contributed by atoms with van der Waals surface area (Å²) in [7, 11) is 0. The van der Waals surface area contributed by atoms with Crippen molar-refractivity contribution in [3.05, 3.63) is 23.8 Å². The van der Waals surface area contributed by atoms with Gasteiger partial charge in [-0.05, 0) is 55.7 Å². The minimum Gasteiger partial charge on any atom is -0.436 e. The number of esters is 1. The summed E-state index contributed by atoms with van der Waals surface area (Å²) in [5.41, 5.74) is -5.07. The van der Waals surface area contributed by atoms with Gasteiger partial charge in [-0.15, -0.1) is 0 Å². The molecule has 0 bridgehead atoms. The lowest BCUT2D eigenvalue weighted by Crippen LogP contribution is -2.70. The van der Waals surface area contributed by atoms with Gasteiger partial charge < -0.3 is 14.6 Å². The predicted molar refractivity (Wildman–Crippen MR) is 106 cm³/mol. The minimum absolute atomic E-state index is 0.0382. The van der Waals surface area contributed by atoms with Crippen LogP contribution in [0, 0.1) is 28.6 Å². The molecule has 158 valence electrons. The summed E-state index contributed by atoms with van der Waals surface area (Å²) in [6, 6.07) is 0. The molecule has 1 heterocycles. The Morgan fingerprint density at radius 2 is 2.00 bits per heavy atom. The van der Waals surface area contributed by atoms with Gasteiger partial charge in [0.25, 0.3) is 0 Å². The second-order valence-corrected chi connectivity index (χ2v) is 10.4. The first kappa shape index (κ1) is 19.8. The molecule has 0 aromatic rings. The van der Waals surface area contributed by atoms with Crippen LogP contribution in [0.2, 0.25) is 0 Å². The molecule has 4 aliphatic carbocycles. The van der Waals surface area contributed by atoms with Crippen molar-refractivity contribution in [2.45, 2.75) is 63.6 Å². The number of aliphatic hydroxyl groups excluding tert-OH is 1. The summed E-state index contributed by atoms with van der Waals surface area (Å²) in [5, 5.41) is 11.2. The number of alkyl halides is 2. The number of ether oxygens (including phenoxy) is 2. The minimum atomic E-state index is -2.05. The van der Waals surface area contributed by atoms with Crippen LogP contribution in [0.5, 0.6) is 0 Å². The summed E-state index contributed by atoms with van der Waals surface area (Å²) in [4.78, 5) is 13.2. The fourth-order valence-corrected chi connectivity index (χ4v) is 7.80. The Labute approximate surface area is 174 Å². The fourth-order valence-electron chi connectivity index (χ4n) is 7.61. The van der Waals surface area contributed by atoms with Crippen LogP contribution in [-0.2, 0) is 14.3 Å². The number of carbonyl (C=O) groups is 1. The zero-order valence-corrected chi connectivity index (χ0v) is 17.6. The smallest absolute Gasteiger partial charge is 0.341 e. The molecule has 4 nitrogen and oxygen atoms in total. The lowest BCUT2D eigenvalue weighted by Gasteiger charge is -2.62. The largest absolute Gasteiger partial charge is 0.436 e. The second-order valence-electron chi connectivity index (χ2n) is 9.93. The maximum Gasteiger partial charge on any atom is 0.341 e. The topological polar surface area (TPSA) is 55.8 Å². The molecule has 9 atom stereocenters. The number of rotatable bonds is 0. The zero-order valence-electron chi connectivity index (χ0n) is 16.8. The molecule has 1 aliphatic heterocycles. The third-order valence-electron chi connectivity index (χ3n) is 8.95. The number of cyclic esters (lactones) is 1. The van der Waals surface area contributed by atoms with E-state index in [0.717, 1.165) is 0 Å². The molecule has 0 amide bonds. The van der Waals surface area contributed by atoms with Crippen molar-refractivity contribution in [2.24, 2.45) is 28.6 Å². The number of hydrogen-bond donors (Lipinski definition) is 1. The van der Waals surface area contributed by atoms with Gasteiger partial charge in [-0.3, -0.25) is 0 Å². The van der Waals surface area contributed by atoms with Crippen molar-refractivity contribution in [2.75, 3.05) is 6.79 Å². The summed E-state index contributed by atoms with van der Waals surface area (Å²) in [6.07, 6.45) is 2.63. The van der Waals surface area contributed by atoms with Gasteiger partial charge in [-0.25, -0.2) is 13.6 Å². The van der Waals surface area contributed by atoms with E-state index in [-0.39, 0.29) is 31.5 Å². The fraction of sp³-hybridized carbons (Fsp3) is 0.727. The van der Waals surface area contributed by atoms with Crippen molar-refractivity contribution >= 4 is 23.1 Å². The standard InChI is InChI=1S/C22H26F2O4S/c1-11-6-13-14-8-16(23)15-7-12(29)4-5-19(15,2)21(14,24)17(25)9-20(13,3)22(11)18(26)27-10-28-22/h4-5,7,11,13-14,16-17,25H,6,8-10H2,1-3H3/t11-,13+,14+,16+,17+,19+,20+,21+,22+/m1/s1. The number of carbonyl (C=O) groups excluding carboxylic acids is 1. The first-order valence-corrected chi connectivity index (χ1v) is 10.7. The SMILES string of the molecule is C[C@@H]1C[C@H]2[C@@H]3C[C@H](F)C4=CC(=S)C=C[C@]4(C)[C@@]3(F)[C@@H](O)C[C@]2(C)[C@]12OCOC2=O. The quantitative estimate of drug-likeness (QED) is 0.476. The lowest BCUT2D eigenvalue weighted by atomic mass is 9.44. The van der Waals surface area contributed by atoms with Gasteiger partial charge in [0.05, 0.1) is 6.10 Å². The summed E-state index contributed by atoms with van der Waals surface area (Å²) < 4.78 is 43.5. The van der Waals surface area contributed by atoms with Crippen molar-refractivity contribution in [1.29, 1.82) is 0 Å². The first-order valence-electron chi connectivity index (χ1n) is 10.3. The van der Waals surface area contributed by atoms with Gasteiger partial charge in [-0.1, -0.05) is 32.1 Å². The molecule has 1 saturated heterocycles. The molecule has 0 aromatic carbocycles. The van der Waals surface area contributed by atoms with Crippen LogP contribution in [0.4, 0.5) is 8.78 Å². The van der Waals surface area contributed by atoms with Crippen LogP contribution in [0.3, 0.4) is 0 Å². The van der Waals surface area contributed by atoms with Crippen LogP contribution < -0.4 is 0 Å². The number of hydrogen-bond acceptors (Lipinski definition) is 5. The van der Waals surface area contributed by atoms with Crippen LogP contribution in [0.15, 0.2) is 23.8 Å². The maximum absolute atomic E-state index is 17.0. The highest BCUT2D eigenvalue weighted by molar-refractivity contribution is 7.81. The highest BCUT2D eigenvalue weighted by Gasteiger charge is 2.78. The van der Waals surface area contributed by atoms with Crippen LogP contribution in [0.25, 0.3) is 0 Å². The molecule has 7 heteroatoms. The summed E-state index contributed by atoms with van der Waals surface area (Å²) in [5.74, 6) is -1.71. The summed E-state index contributed by atoms with van der Waals surface area (Å²) in [6.45, 7) is 5.31. The van der Waals surface area contributed by atoms with E-state index in [1.807, 2.05) is 13.8 Å². The lowest BCUT2D eigenvalue weighted by molar-refractivity contribution is -0.224. The normalized spacial score (nSPS) is 55.9. The molecule has 4 fully saturated rings. The molecule has 0 aromatic heterocycles. The van der Waals surface area contributed by atoms with Crippen molar-refractivity contribution in [3.8, 4) is 0 Å². The molecule has 0 radical (unpaired) electrons. The number of aliphatic hydroxyl groups is 1. The average Bonchev–Trinajstić information content (AvgIpc) is 3.15. The Bertz CT molecular complexity index is 873. The maximum atomic E-state index is 17.0. The number of fused-ring (bicyclic) bond motifs is 6. The second kappa shape index (κ2) is 5.74. The number of halogens is 2. The Morgan fingerprint density at radius 3 is 2.66 bits per heavy atom. The number of thiocarbonyl (C=S) groups is 1. The molecule has 29 heavy (non-hydrogen) atoms. The molecule has 1 N–H and O–H groups in total. The molecule has 1 spiro atoms. The van der Waals surface area contributed by atoms with Gasteiger partial charge in [0.2, 0.25) is 0 Å². The Hall–Kier alpha value is -1.18. The Kier molecular flexibility index (Phi) is 3.91. The first-order chi connectivity index (χ1) is 13.5. The highest BCUT2D eigenvalue weighted by atomic mass is 32.1. The molecule has 5 rings (SSSR count). The molecule has 0 unspecified atom stereocenters. The van der Waals surface area contributed by atoms with E-state index in [0.29, 0.717) is 16.9 Å². The van der Waals surface area contributed by atoms with Gasteiger partial charge in [0.1, 0.15) is 6.17 Å². The molecular weight excluding hydrogens is 398 g/mol. The van der Waals surface area contributed by atoms with Crippen LogP contribution >= 0.6 is 12.2 Å². The Balaban J connectivity index is 1.66. The van der Waals surface area contributed by atoms with Gasteiger partial charge in [-0.2, -0.15) is 0 Å². The Morgan fingerprint density at radius 1 is 1.28 bits per heavy atom. The van der Waals surface area contributed by atoms with Crippen molar-refractivity contribution in [3.63, 3.8) is 0 Å². The van der Waals surface area contributed by atoms with Gasteiger partial charge in [0.15, 0.2) is 18.1 Å². The van der Waals surface area contributed by atoms with Gasteiger partial charge in [0, 0.05) is 21.6 Å². The molecular formula is C22H26F2O4S. The van der Waals surface area contributed by atoms with E-state index in [1.54, 1.807) is 25.2 Å². The highest BCUT2D eigenvalue weighted by Crippen LogP contribution is 2.72. The third kappa shape index (κ3) is 2.00. The van der Waals surface area contributed by atoms with E-state index in [2.05, 4.69) is 0 Å². The van der Waals surface area contributed by atoms with Crippen LogP contribution in [0.1, 0.15) is 40.0 Å². The van der Waals surface area contributed by atoms with E-state index in [1.165, 1.54) is 0 Å². The van der Waals surface area contributed by atoms with E-state index < -0.39 is 46.3 Å². The monoisotopic (exact) mass is 424 g/mol. The van der Waals surface area contributed by atoms with E-state index in [4.69, 9.17) is 21.7 Å². The third-order valence-corrected chi connectivity index (χ3v) is 9.20. The predicted octanol–water partition coefficient (Wildman–Crippen LogP) is 3.62. The molecule has 3 saturated carbocycles.